The number of hydrogen-bond donors (Lipinski definition) is 1. The fourth-order valence-electron chi connectivity index (χ4n) is 2.51. The molecule has 0 unspecified atom stereocenters. The smallest absolute Gasteiger partial charge is 0.137 e. The first-order valence-corrected chi connectivity index (χ1v) is 6.44. The molecule has 1 saturated carbocycles. The summed E-state index contributed by atoms with van der Waals surface area (Å²) in [6.07, 6.45) is 2.55. The number of rotatable bonds is 3. The number of benzene rings is 1. The van der Waals surface area contributed by atoms with Crippen LogP contribution in [0.15, 0.2) is 16.5 Å². The van der Waals surface area contributed by atoms with Gasteiger partial charge in [-0.1, -0.05) is 11.6 Å². The predicted octanol–water partition coefficient (Wildman–Crippen LogP) is 3.99. The van der Waals surface area contributed by atoms with Crippen LogP contribution < -0.4 is 5.32 Å². The van der Waals surface area contributed by atoms with E-state index in [2.05, 4.69) is 12.2 Å². The lowest BCUT2D eigenvalue weighted by atomic mass is 10.0. The molecule has 0 amide bonds. The molecule has 90 valence electrons. The minimum atomic E-state index is 0.678. The van der Waals surface area contributed by atoms with Gasteiger partial charge >= 0.3 is 0 Å². The Bertz CT molecular complexity index is 569. The standard InChI is InChI=1S/C14H16ClNO/c1-8-5-10(15)6-11-13(9-3-4-9)12(7-16-2)17-14(8)11/h5-6,9,16H,3-4,7H2,1-2H3. The van der Waals surface area contributed by atoms with E-state index < -0.39 is 0 Å². The van der Waals surface area contributed by atoms with Crippen molar-refractivity contribution in [1.29, 1.82) is 0 Å². The second-order valence-electron chi connectivity index (χ2n) is 4.84. The van der Waals surface area contributed by atoms with Gasteiger partial charge in [0.1, 0.15) is 11.3 Å². The van der Waals surface area contributed by atoms with Crippen LogP contribution in [0.4, 0.5) is 0 Å². The molecule has 2 aromatic rings. The molecule has 0 bridgehead atoms. The molecule has 1 aliphatic rings. The van der Waals surface area contributed by atoms with Crippen molar-refractivity contribution in [3.63, 3.8) is 0 Å². The van der Waals surface area contributed by atoms with Gasteiger partial charge in [-0.3, -0.25) is 0 Å². The van der Waals surface area contributed by atoms with Crippen molar-refractivity contribution in [2.75, 3.05) is 7.05 Å². The number of aryl methyl sites for hydroxylation is 1. The molecule has 3 rings (SSSR count). The van der Waals surface area contributed by atoms with E-state index in [1.54, 1.807) is 0 Å². The highest BCUT2D eigenvalue weighted by Gasteiger charge is 2.31. The van der Waals surface area contributed by atoms with Crippen LogP contribution >= 0.6 is 11.6 Å². The molecule has 1 heterocycles. The third kappa shape index (κ3) is 1.85. The molecule has 1 aliphatic carbocycles. The second kappa shape index (κ2) is 4.04. The zero-order chi connectivity index (χ0) is 12.0. The van der Waals surface area contributed by atoms with Gasteiger partial charge in [-0.2, -0.15) is 0 Å². The Morgan fingerprint density at radius 1 is 1.41 bits per heavy atom. The van der Waals surface area contributed by atoms with Crippen LogP contribution in [0.1, 0.15) is 35.6 Å². The van der Waals surface area contributed by atoms with Crippen LogP contribution in [0.25, 0.3) is 11.0 Å². The van der Waals surface area contributed by atoms with Gasteiger partial charge in [-0.05, 0) is 50.4 Å². The van der Waals surface area contributed by atoms with Crippen LogP contribution in [0.2, 0.25) is 5.02 Å². The average Bonchev–Trinajstić information content (AvgIpc) is 3.03. The highest BCUT2D eigenvalue weighted by Crippen LogP contribution is 2.47. The van der Waals surface area contributed by atoms with Crippen LogP contribution in [0.3, 0.4) is 0 Å². The Kier molecular flexibility index (Phi) is 2.64. The average molecular weight is 250 g/mol. The molecular weight excluding hydrogens is 234 g/mol. The van der Waals surface area contributed by atoms with Gasteiger partial charge in [-0.25, -0.2) is 0 Å². The maximum absolute atomic E-state index is 6.15. The molecule has 0 saturated heterocycles. The Hall–Kier alpha value is -0.990. The van der Waals surface area contributed by atoms with Gasteiger partial charge in [0.2, 0.25) is 0 Å². The first-order chi connectivity index (χ1) is 8.20. The number of furan rings is 1. The summed E-state index contributed by atoms with van der Waals surface area (Å²) in [6.45, 7) is 2.84. The van der Waals surface area contributed by atoms with Crippen molar-refractivity contribution < 1.29 is 4.42 Å². The molecule has 0 atom stereocenters. The fraction of sp³-hybridized carbons (Fsp3) is 0.429. The van der Waals surface area contributed by atoms with Crippen LogP contribution in [0, 0.1) is 6.92 Å². The molecule has 0 radical (unpaired) electrons. The van der Waals surface area contributed by atoms with Gasteiger partial charge in [-0.15, -0.1) is 0 Å². The van der Waals surface area contributed by atoms with E-state index in [0.717, 1.165) is 28.5 Å². The molecular formula is C14H16ClNO. The second-order valence-corrected chi connectivity index (χ2v) is 5.28. The number of nitrogens with one attached hydrogen (secondary N) is 1. The van der Waals surface area contributed by atoms with Crippen molar-refractivity contribution in [3.8, 4) is 0 Å². The van der Waals surface area contributed by atoms with Crippen molar-refractivity contribution in [1.82, 2.24) is 5.32 Å². The van der Waals surface area contributed by atoms with Gasteiger partial charge in [0.15, 0.2) is 0 Å². The Morgan fingerprint density at radius 3 is 2.82 bits per heavy atom. The number of hydrogen-bond acceptors (Lipinski definition) is 2. The van der Waals surface area contributed by atoms with Gasteiger partial charge < -0.3 is 9.73 Å². The molecule has 0 aliphatic heterocycles. The number of fused-ring (bicyclic) bond motifs is 1. The summed E-state index contributed by atoms with van der Waals surface area (Å²) >= 11 is 6.15. The minimum absolute atomic E-state index is 0.678. The third-order valence-corrected chi connectivity index (χ3v) is 3.60. The van der Waals surface area contributed by atoms with E-state index in [1.807, 2.05) is 19.2 Å². The first-order valence-electron chi connectivity index (χ1n) is 6.06. The lowest BCUT2D eigenvalue weighted by Crippen LogP contribution is -2.05. The Balaban J connectivity index is 2.26. The maximum atomic E-state index is 6.15. The topological polar surface area (TPSA) is 25.2 Å². The minimum Gasteiger partial charge on any atom is -0.459 e. The van der Waals surface area contributed by atoms with Crippen molar-refractivity contribution in [2.45, 2.75) is 32.2 Å². The van der Waals surface area contributed by atoms with Gasteiger partial charge in [0.25, 0.3) is 0 Å². The number of halogens is 1. The van der Waals surface area contributed by atoms with Crippen molar-refractivity contribution >= 4 is 22.6 Å². The summed E-state index contributed by atoms with van der Waals surface area (Å²) in [6, 6.07) is 4.01. The van der Waals surface area contributed by atoms with Crippen LogP contribution in [-0.2, 0) is 6.54 Å². The summed E-state index contributed by atoms with van der Waals surface area (Å²) in [7, 11) is 1.95. The molecule has 17 heavy (non-hydrogen) atoms. The van der Waals surface area contributed by atoms with Crippen LogP contribution in [0.5, 0.6) is 0 Å². The van der Waals surface area contributed by atoms with Crippen molar-refractivity contribution in [3.05, 3.63) is 34.0 Å². The highest BCUT2D eigenvalue weighted by molar-refractivity contribution is 6.31. The summed E-state index contributed by atoms with van der Waals surface area (Å²) in [5.41, 5.74) is 3.50. The van der Waals surface area contributed by atoms with Gasteiger partial charge in [0, 0.05) is 16.0 Å². The summed E-state index contributed by atoms with van der Waals surface area (Å²) in [5, 5.41) is 5.19. The predicted molar refractivity (Wildman–Crippen MR) is 70.7 cm³/mol. The highest BCUT2D eigenvalue weighted by atomic mass is 35.5. The lowest BCUT2D eigenvalue weighted by Gasteiger charge is -2.00. The first kappa shape index (κ1) is 11.1. The lowest BCUT2D eigenvalue weighted by molar-refractivity contribution is 0.523. The van der Waals surface area contributed by atoms with Crippen LogP contribution in [-0.4, -0.2) is 7.05 Å². The van der Waals surface area contributed by atoms with E-state index in [-0.39, 0.29) is 0 Å². The van der Waals surface area contributed by atoms with E-state index in [0.29, 0.717) is 5.92 Å². The van der Waals surface area contributed by atoms with Gasteiger partial charge in [0.05, 0.1) is 6.54 Å². The van der Waals surface area contributed by atoms with E-state index in [4.69, 9.17) is 16.0 Å². The zero-order valence-electron chi connectivity index (χ0n) is 10.1. The molecule has 1 aromatic carbocycles. The Morgan fingerprint density at radius 2 is 2.18 bits per heavy atom. The van der Waals surface area contributed by atoms with E-state index in [1.165, 1.54) is 23.8 Å². The molecule has 3 heteroatoms. The molecule has 0 spiro atoms. The summed E-state index contributed by atoms with van der Waals surface area (Å²) < 4.78 is 6.01. The molecule has 1 aromatic heterocycles. The maximum Gasteiger partial charge on any atom is 0.137 e. The summed E-state index contributed by atoms with van der Waals surface area (Å²) in [5.74, 6) is 1.76. The molecule has 2 nitrogen and oxygen atoms in total. The summed E-state index contributed by atoms with van der Waals surface area (Å²) in [4.78, 5) is 0. The molecule has 1 fully saturated rings. The molecule has 1 N–H and O–H groups in total. The Labute approximate surface area is 106 Å². The largest absolute Gasteiger partial charge is 0.459 e. The normalized spacial score (nSPS) is 15.7. The zero-order valence-corrected chi connectivity index (χ0v) is 10.9. The SMILES string of the molecule is CNCc1oc2c(C)cc(Cl)cc2c1C1CC1. The van der Waals surface area contributed by atoms with Crippen molar-refractivity contribution in [2.24, 2.45) is 0 Å². The monoisotopic (exact) mass is 249 g/mol. The van der Waals surface area contributed by atoms with E-state index >= 15 is 0 Å². The quantitative estimate of drug-likeness (QED) is 0.890. The fourth-order valence-corrected chi connectivity index (χ4v) is 2.78. The third-order valence-electron chi connectivity index (χ3n) is 3.38. The van der Waals surface area contributed by atoms with E-state index in [9.17, 15) is 0 Å².